The molecule has 2 rings (SSSR count). The molecule has 2 aromatic rings. The predicted molar refractivity (Wildman–Crippen MR) is 83.2 cm³/mol. The summed E-state index contributed by atoms with van der Waals surface area (Å²) < 4.78 is 9.92. The number of hydrogen-bond donors (Lipinski definition) is 0. The van der Waals surface area contributed by atoms with Crippen LogP contribution >= 0.6 is 0 Å². The monoisotopic (exact) mass is 312 g/mol. The fraction of sp³-hybridized carbons (Fsp3) is 0.167. The lowest BCUT2D eigenvalue weighted by atomic mass is 10.1. The number of rotatable bonds is 7. The van der Waals surface area contributed by atoms with Crippen LogP contribution in [0.2, 0.25) is 0 Å². The van der Waals surface area contributed by atoms with Gasteiger partial charge < -0.3 is 9.47 Å². The molecule has 0 saturated heterocycles. The van der Waals surface area contributed by atoms with Gasteiger partial charge in [-0.25, -0.2) is 4.79 Å². The average Bonchev–Trinajstić information content (AvgIpc) is 2.60. The van der Waals surface area contributed by atoms with E-state index in [1.165, 1.54) is 0 Å². The first-order chi connectivity index (χ1) is 11.1. The summed E-state index contributed by atoms with van der Waals surface area (Å²) in [6.45, 7) is 0.375. The molecule has 0 aliphatic carbocycles. The van der Waals surface area contributed by atoms with Crippen LogP contribution in [0.5, 0.6) is 5.75 Å². The second-order valence-electron chi connectivity index (χ2n) is 4.82. The number of carbonyl (C=O) groups excluding carboxylic acids is 3. The van der Waals surface area contributed by atoms with Crippen molar-refractivity contribution in [2.75, 3.05) is 7.11 Å². The second kappa shape index (κ2) is 7.89. The Morgan fingerprint density at radius 3 is 2.39 bits per heavy atom. The molecule has 0 bridgehead atoms. The Hall–Kier alpha value is -2.95. The summed E-state index contributed by atoms with van der Waals surface area (Å²) in [7, 11) is 1.10. The van der Waals surface area contributed by atoms with Crippen molar-refractivity contribution < 1.29 is 23.9 Å². The zero-order valence-corrected chi connectivity index (χ0v) is 12.7. The van der Waals surface area contributed by atoms with Crippen molar-refractivity contribution >= 4 is 17.5 Å². The minimum Gasteiger partial charge on any atom is -0.489 e. The molecule has 0 aliphatic rings. The average molecular weight is 312 g/mol. The van der Waals surface area contributed by atoms with Gasteiger partial charge in [-0.3, -0.25) is 9.59 Å². The van der Waals surface area contributed by atoms with E-state index < -0.39 is 24.0 Å². The molecule has 0 N–H and O–H groups in total. The maximum atomic E-state index is 12.0. The Bertz CT molecular complexity index is 706. The fourth-order valence-corrected chi connectivity index (χ4v) is 1.93. The van der Waals surface area contributed by atoms with E-state index in [9.17, 15) is 14.4 Å². The summed E-state index contributed by atoms with van der Waals surface area (Å²) in [4.78, 5) is 34.5. The quantitative estimate of drug-likeness (QED) is 0.340. The van der Waals surface area contributed by atoms with Crippen molar-refractivity contribution in [1.82, 2.24) is 0 Å². The lowest BCUT2D eigenvalue weighted by Gasteiger charge is -2.07. The Kier molecular flexibility index (Phi) is 5.63. The molecule has 5 heteroatoms. The first-order valence-electron chi connectivity index (χ1n) is 7.01. The first-order valence-corrected chi connectivity index (χ1v) is 7.01. The van der Waals surface area contributed by atoms with Gasteiger partial charge in [0.15, 0.2) is 5.78 Å². The molecule has 5 nitrogen and oxygen atoms in total. The lowest BCUT2D eigenvalue weighted by Crippen LogP contribution is -2.19. The Morgan fingerprint density at radius 1 is 0.957 bits per heavy atom. The van der Waals surface area contributed by atoms with Gasteiger partial charge in [-0.05, 0) is 17.7 Å². The van der Waals surface area contributed by atoms with Gasteiger partial charge in [0.2, 0.25) is 5.78 Å². The van der Waals surface area contributed by atoms with Crippen LogP contribution in [0.15, 0.2) is 54.6 Å². The molecule has 0 fully saturated rings. The van der Waals surface area contributed by atoms with Crippen molar-refractivity contribution in [2.45, 2.75) is 13.0 Å². The second-order valence-corrected chi connectivity index (χ2v) is 4.82. The van der Waals surface area contributed by atoms with Crippen LogP contribution in [-0.4, -0.2) is 24.6 Å². The number of ketones is 2. The van der Waals surface area contributed by atoms with Crippen LogP contribution in [0, 0.1) is 0 Å². The molecule has 0 amide bonds. The van der Waals surface area contributed by atoms with Crippen molar-refractivity contribution in [2.24, 2.45) is 0 Å². The molecular weight excluding hydrogens is 296 g/mol. The Labute approximate surface area is 133 Å². The first kappa shape index (κ1) is 16.4. The summed E-state index contributed by atoms with van der Waals surface area (Å²) in [5.41, 5.74) is 1.32. The van der Waals surface area contributed by atoms with Crippen LogP contribution in [0.25, 0.3) is 0 Å². The van der Waals surface area contributed by atoms with Crippen molar-refractivity contribution in [3.63, 3.8) is 0 Å². The van der Waals surface area contributed by atoms with E-state index in [1.807, 2.05) is 30.3 Å². The molecule has 118 valence electrons. The number of ether oxygens (including phenoxy) is 2. The number of esters is 1. The minimum atomic E-state index is -1.02. The molecule has 0 heterocycles. The summed E-state index contributed by atoms with van der Waals surface area (Å²) in [5, 5.41) is 0. The molecular formula is C18H16O5. The van der Waals surface area contributed by atoms with Crippen molar-refractivity contribution in [1.29, 1.82) is 0 Å². The van der Waals surface area contributed by atoms with E-state index in [4.69, 9.17) is 4.74 Å². The third-order valence-corrected chi connectivity index (χ3v) is 3.14. The van der Waals surface area contributed by atoms with Crippen LogP contribution in [0.4, 0.5) is 0 Å². The standard InChI is InChI=1S/C18H16O5/c1-22-18(21)17(20)11-16(19)14-8-5-9-15(10-14)23-12-13-6-3-2-4-7-13/h2-10H,11-12H2,1H3. The van der Waals surface area contributed by atoms with Gasteiger partial charge in [0.25, 0.3) is 0 Å². The highest BCUT2D eigenvalue weighted by Crippen LogP contribution is 2.16. The van der Waals surface area contributed by atoms with E-state index in [0.29, 0.717) is 17.9 Å². The van der Waals surface area contributed by atoms with Gasteiger partial charge in [-0.1, -0.05) is 42.5 Å². The molecule has 0 spiro atoms. The third-order valence-electron chi connectivity index (χ3n) is 3.14. The molecule has 0 aromatic heterocycles. The largest absolute Gasteiger partial charge is 0.489 e. The van der Waals surface area contributed by atoms with Crippen LogP contribution in [-0.2, 0) is 20.9 Å². The van der Waals surface area contributed by atoms with E-state index in [2.05, 4.69) is 4.74 Å². The third kappa shape index (κ3) is 4.78. The highest BCUT2D eigenvalue weighted by Gasteiger charge is 2.19. The minimum absolute atomic E-state index is 0.313. The lowest BCUT2D eigenvalue weighted by molar-refractivity contribution is -0.151. The summed E-state index contributed by atoms with van der Waals surface area (Å²) in [5.74, 6) is -1.82. The fourth-order valence-electron chi connectivity index (χ4n) is 1.93. The Morgan fingerprint density at radius 2 is 1.70 bits per heavy atom. The van der Waals surface area contributed by atoms with Crippen molar-refractivity contribution in [3.05, 3.63) is 65.7 Å². The normalized spacial score (nSPS) is 9.96. The highest BCUT2D eigenvalue weighted by atomic mass is 16.5. The van der Waals surface area contributed by atoms with Crippen LogP contribution < -0.4 is 4.74 Å². The zero-order valence-electron chi connectivity index (χ0n) is 12.7. The smallest absolute Gasteiger partial charge is 0.374 e. The maximum absolute atomic E-state index is 12.0. The summed E-state index contributed by atoms with van der Waals surface area (Å²) >= 11 is 0. The maximum Gasteiger partial charge on any atom is 0.374 e. The summed E-state index contributed by atoms with van der Waals surface area (Å²) in [6.07, 6.45) is -0.519. The number of Topliss-reactive ketones (excluding diaryl/α,β-unsaturated/α-hetero) is 2. The molecule has 0 aliphatic heterocycles. The van der Waals surface area contributed by atoms with Gasteiger partial charge in [0, 0.05) is 5.56 Å². The van der Waals surface area contributed by atoms with Crippen molar-refractivity contribution in [3.8, 4) is 5.75 Å². The van der Waals surface area contributed by atoms with Gasteiger partial charge in [0.1, 0.15) is 12.4 Å². The molecule has 0 radical (unpaired) electrons. The molecule has 0 atom stereocenters. The van der Waals surface area contributed by atoms with Crippen LogP contribution in [0.1, 0.15) is 22.3 Å². The van der Waals surface area contributed by atoms with E-state index in [-0.39, 0.29) is 0 Å². The number of carbonyl (C=O) groups is 3. The highest BCUT2D eigenvalue weighted by molar-refractivity contribution is 6.38. The van der Waals surface area contributed by atoms with Gasteiger partial charge in [0.05, 0.1) is 13.5 Å². The van der Waals surface area contributed by atoms with E-state index >= 15 is 0 Å². The van der Waals surface area contributed by atoms with Gasteiger partial charge >= 0.3 is 5.97 Å². The molecule has 23 heavy (non-hydrogen) atoms. The van der Waals surface area contributed by atoms with Gasteiger partial charge in [-0.15, -0.1) is 0 Å². The predicted octanol–water partition coefficient (Wildman–Crippen LogP) is 2.58. The number of benzene rings is 2. The topological polar surface area (TPSA) is 69.7 Å². The van der Waals surface area contributed by atoms with E-state index in [1.54, 1.807) is 24.3 Å². The summed E-state index contributed by atoms with van der Waals surface area (Å²) in [6, 6.07) is 16.1. The molecule has 0 unspecified atom stereocenters. The molecule has 2 aromatic carbocycles. The van der Waals surface area contributed by atoms with Crippen LogP contribution in [0.3, 0.4) is 0 Å². The zero-order chi connectivity index (χ0) is 16.7. The number of hydrogen-bond acceptors (Lipinski definition) is 5. The Balaban J connectivity index is 2.00. The van der Waals surface area contributed by atoms with Gasteiger partial charge in [-0.2, -0.15) is 0 Å². The number of methoxy groups -OCH3 is 1. The molecule has 0 saturated carbocycles. The van der Waals surface area contributed by atoms with E-state index in [0.717, 1.165) is 12.7 Å². The SMILES string of the molecule is COC(=O)C(=O)CC(=O)c1cccc(OCc2ccccc2)c1.